The number of Topliss-reactive ketones (excluding diaryl/α,β-unsaturated/α-hetero) is 1. The van der Waals surface area contributed by atoms with Gasteiger partial charge in [0.15, 0.2) is 5.78 Å². The highest BCUT2D eigenvalue weighted by Gasteiger charge is 2.08. The summed E-state index contributed by atoms with van der Waals surface area (Å²) in [4.78, 5) is 11.2. The number of para-hydroxylation sites is 2. The number of phenolic OH excluding ortho intramolecular Hbond substituents is 1. The maximum Gasteiger partial charge on any atom is 0.159 e. The Morgan fingerprint density at radius 1 is 1.17 bits per heavy atom. The predicted molar refractivity (Wildman–Crippen MR) is 67.8 cm³/mol. The third kappa shape index (κ3) is 2.48. The van der Waals surface area contributed by atoms with Gasteiger partial charge in [-0.2, -0.15) is 0 Å². The lowest BCUT2D eigenvalue weighted by atomic mass is 10.1. The molecule has 0 amide bonds. The van der Waals surface area contributed by atoms with Gasteiger partial charge < -0.3 is 10.4 Å². The predicted octanol–water partition coefficient (Wildman–Crippen LogP) is 3.48. The van der Waals surface area contributed by atoms with Gasteiger partial charge in [-0.15, -0.1) is 0 Å². The molecule has 0 aliphatic heterocycles. The summed E-state index contributed by atoms with van der Waals surface area (Å²) in [5.74, 6) is -0.608. The smallest absolute Gasteiger partial charge is 0.159 e. The first-order valence-electron chi connectivity index (χ1n) is 5.43. The number of nitrogens with one attached hydrogen (secondary N) is 1. The zero-order valence-corrected chi connectivity index (χ0v) is 9.77. The molecule has 92 valence electrons. The summed E-state index contributed by atoms with van der Waals surface area (Å²) in [5, 5.41) is 12.3. The van der Waals surface area contributed by atoms with Gasteiger partial charge in [-0.05, 0) is 37.3 Å². The third-order valence-electron chi connectivity index (χ3n) is 2.55. The lowest BCUT2D eigenvalue weighted by Crippen LogP contribution is -1.98. The fourth-order valence-electron chi connectivity index (χ4n) is 1.56. The summed E-state index contributed by atoms with van der Waals surface area (Å²) in [7, 11) is 0. The van der Waals surface area contributed by atoms with E-state index in [1.165, 1.54) is 31.2 Å². The van der Waals surface area contributed by atoms with Gasteiger partial charge >= 0.3 is 0 Å². The van der Waals surface area contributed by atoms with Gasteiger partial charge in [-0.25, -0.2) is 4.39 Å². The first-order chi connectivity index (χ1) is 8.58. The van der Waals surface area contributed by atoms with Gasteiger partial charge in [0.05, 0.1) is 11.4 Å². The highest BCUT2D eigenvalue weighted by molar-refractivity contribution is 5.95. The number of halogens is 1. The molecule has 0 atom stereocenters. The molecule has 0 unspecified atom stereocenters. The lowest BCUT2D eigenvalue weighted by Gasteiger charge is -2.10. The minimum absolute atomic E-state index is 0.0186. The van der Waals surface area contributed by atoms with Crippen LogP contribution in [0.5, 0.6) is 5.75 Å². The van der Waals surface area contributed by atoms with Gasteiger partial charge in [0.25, 0.3) is 0 Å². The molecular formula is C14H12FNO2. The minimum Gasteiger partial charge on any atom is -0.506 e. The van der Waals surface area contributed by atoms with E-state index in [0.717, 1.165) is 0 Å². The number of carbonyl (C=O) groups excluding carboxylic acids is 1. The van der Waals surface area contributed by atoms with Crippen molar-refractivity contribution in [2.45, 2.75) is 6.92 Å². The van der Waals surface area contributed by atoms with Crippen LogP contribution in [-0.4, -0.2) is 10.9 Å². The summed E-state index contributed by atoms with van der Waals surface area (Å²) < 4.78 is 13.6. The van der Waals surface area contributed by atoms with E-state index in [1.54, 1.807) is 18.2 Å². The average molecular weight is 245 g/mol. The van der Waals surface area contributed by atoms with E-state index in [1.807, 2.05) is 0 Å². The Bertz CT molecular complexity index is 596. The Balaban J connectivity index is 2.37. The molecule has 2 rings (SSSR count). The van der Waals surface area contributed by atoms with E-state index >= 15 is 0 Å². The molecule has 18 heavy (non-hydrogen) atoms. The normalized spacial score (nSPS) is 10.1. The topological polar surface area (TPSA) is 49.3 Å². The van der Waals surface area contributed by atoms with Crippen LogP contribution in [0.15, 0.2) is 42.5 Å². The highest BCUT2D eigenvalue weighted by Crippen LogP contribution is 2.27. The van der Waals surface area contributed by atoms with Gasteiger partial charge in [0.1, 0.15) is 11.6 Å². The van der Waals surface area contributed by atoms with Crippen LogP contribution in [0.25, 0.3) is 0 Å². The average Bonchev–Trinajstić information content (AvgIpc) is 2.34. The van der Waals surface area contributed by atoms with Crippen LogP contribution in [0.4, 0.5) is 15.8 Å². The number of aromatic hydroxyl groups is 1. The summed E-state index contributed by atoms with van der Waals surface area (Å²) in [6, 6.07) is 10.6. The molecule has 0 saturated heterocycles. The molecule has 0 aliphatic carbocycles. The third-order valence-corrected chi connectivity index (χ3v) is 2.55. The Labute approximate surface area is 104 Å². The molecule has 0 aromatic heterocycles. The number of rotatable bonds is 3. The molecular weight excluding hydrogens is 233 g/mol. The molecule has 2 aromatic rings. The second kappa shape index (κ2) is 4.87. The summed E-state index contributed by atoms with van der Waals surface area (Å²) >= 11 is 0. The van der Waals surface area contributed by atoms with Crippen molar-refractivity contribution >= 4 is 17.2 Å². The molecule has 0 aliphatic rings. The standard InChI is InChI=1S/C14H12FNO2/c1-9(17)10-6-7-11(15)13(8-10)16-12-4-2-3-5-14(12)18/h2-8,16,18H,1H3. The number of phenols is 1. The molecule has 0 radical (unpaired) electrons. The van der Waals surface area contributed by atoms with Crippen molar-refractivity contribution in [1.82, 2.24) is 0 Å². The number of hydrogen-bond donors (Lipinski definition) is 2. The summed E-state index contributed by atoms with van der Waals surface area (Å²) in [5.41, 5.74) is 0.954. The molecule has 0 bridgehead atoms. The van der Waals surface area contributed by atoms with Crippen molar-refractivity contribution in [3.05, 3.63) is 53.8 Å². The molecule has 0 fully saturated rings. The molecule has 3 nitrogen and oxygen atoms in total. The molecule has 0 spiro atoms. The second-order valence-electron chi connectivity index (χ2n) is 3.89. The van der Waals surface area contributed by atoms with Crippen LogP contribution in [0.3, 0.4) is 0 Å². The van der Waals surface area contributed by atoms with E-state index in [9.17, 15) is 14.3 Å². The molecule has 4 heteroatoms. The maximum atomic E-state index is 13.6. The van der Waals surface area contributed by atoms with Crippen LogP contribution in [0, 0.1) is 5.82 Å². The Hall–Kier alpha value is -2.36. The Kier molecular flexibility index (Phi) is 3.28. The fourth-order valence-corrected chi connectivity index (χ4v) is 1.56. The Morgan fingerprint density at radius 2 is 1.89 bits per heavy atom. The van der Waals surface area contributed by atoms with E-state index in [0.29, 0.717) is 11.3 Å². The first kappa shape index (κ1) is 12.1. The van der Waals surface area contributed by atoms with Gasteiger partial charge in [0, 0.05) is 5.56 Å². The Morgan fingerprint density at radius 3 is 2.56 bits per heavy atom. The van der Waals surface area contributed by atoms with Gasteiger partial charge in [-0.3, -0.25) is 4.79 Å². The molecule has 0 heterocycles. The number of anilines is 2. The number of carbonyl (C=O) groups is 1. The molecule has 2 N–H and O–H groups in total. The quantitative estimate of drug-likeness (QED) is 0.643. The van der Waals surface area contributed by atoms with Gasteiger partial charge in [-0.1, -0.05) is 12.1 Å². The van der Waals surface area contributed by atoms with Crippen molar-refractivity contribution in [3.8, 4) is 5.75 Å². The monoisotopic (exact) mass is 245 g/mol. The van der Waals surface area contributed by atoms with Crippen LogP contribution in [-0.2, 0) is 0 Å². The van der Waals surface area contributed by atoms with Crippen molar-refractivity contribution < 1.29 is 14.3 Å². The zero-order chi connectivity index (χ0) is 13.1. The van der Waals surface area contributed by atoms with E-state index in [4.69, 9.17) is 0 Å². The summed E-state index contributed by atoms with van der Waals surface area (Å²) in [6.45, 7) is 1.41. The minimum atomic E-state index is -0.483. The van der Waals surface area contributed by atoms with Crippen LogP contribution < -0.4 is 5.32 Å². The van der Waals surface area contributed by atoms with Crippen LogP contribution in [0.2, 0.25) is 0 Å². The van der Waals surface area contributed by atoms with E-state index < -0.39 is 5.82 Å². The molecule has 2 aromatic carbocycles. The van der Waals surface area contributed by atoms with E-state index in [-0.39, 0.29) is 17.2 Å². The highest BCUT2D eigenvalue weighted by atomic mass is 19.1. The largest absolute Gasteiger partial charge is 0.506 e. The zero-order valence-electron chi connectivity index (χ0n) is 9.77. The second-order valence-corrected chi connectivity index (χ2v) is 3.89. The fraction of sp³-hybridized carbons (Fsp3) is 0.0714. The van der Waals surface area contributed by atoms with Crippen LogP contribution >= 0.6 is 0 Å². The van der Waals surface area contributed by atoms with Crippen molar-refractivity contribution in [2.75, 3.05) is 5.32 Å². The first-order valence-corrected chi connectivity index (χ1v) is 5.43. The lowest BCUT2D eigenvalue weighted by molar-refractivity contribution is 0.101. The number of hydrogen-bond acceptors (Lipinski definition) is 3. The van der Waals surface area contributed by atoms with Crippen molar-refractivity contribution in [3.63, 3.8) is 0 Å². The van der Waals surface area contributed by atoms with Crippen molar-refractivity contribution in [1.29, 1.82) is 0 Å². The van der Waals surface area contributed by atoms with E-state index in [2.05, 4.69) is 5.32 Å². The van der Waals surface area contributed by atoms with Crippen LogP contribution in [0.1, 0.15) is 17.3 Å². The number of ketones is 1. The maximum absolute atomic E-state index is 13.6. The van der Waals surface area contributed by atoms with Gasteiger partial charge in [0.2, 0.25) is 0 Å². The molecule has 0 saturated carbocycles. The SMILES string of the molecule is CC(=O)c1ccc(F)c(Nc2ccccc2O)c1. The number of benzene rings is 2. The summed E-state index contributed by atoms with van der Waals surface area (Å²) in [6.07, 6.45) is 0. The van der Waals surface area contributed by atoms with Crippen molar-refractivity contribution in [2.24, 2.45) is 0 Å².